The predicted octanol–water partition coefficient (Wildman–Crippen LogP) is 1.87. The standard InChI is InChI=1S/C7H12BrN3OS/c1-5(3-2-4-12)9-7-11-10-6(8)13-7/h5,12H,2-4H2,1H3,(H,9,11). The van der Waals surface area contributed by atoms with E-state index in [2.05, 4.69) is 38.4 Å². The number of aliphatic hydroxyl groups excluding tert-OH is 1. The number of hydrogen-bond acceptors (Lipinski definition) is 5. The molecule has 1 atom stereocenters. The van der Waals surface area contributed by atoms with Crippen molar-refractivity contribution in [1.29, 1.82) is 0 Å². The average molecular weight is 266 g/mol. The topological polar surface area (TPSA) is 58.0 Å². The van der Waals surface area contributed by atoms with Crippen molar-refractivity contribution in [3.63, 3.8) is 0 Å². The third kappa shape index (κ3) is 4.02. The molecule has 13 heavy (non-hydrogen) atoms. The molecule has 74 valence electrons. The lowest BCUT2D eigenvalue weighted by atomic mass is 10.2. The molecular formula is C7H12BrN3OS. The number of rotatable bonds is 5. The summed E-state index contributed by atoms with van der Waals surface area (Å²) in [6, 6.07) is 0.326. The molecule has 6 heteroatoms. The van der Waals surface area contributed by atoms with Crippen LogP contribution >= 0.6 is 27.3 Å². The molecule has 1 rings (SSSR count). The molecule has 0 radical (unpaired) electrons. The minimum atomic E-state index is 0.242. The van der Waals surface area contributed by atoms with E-state index in [1.54, 1.807) is 0 Å². The second-order valence-electron chi connectivity index (χ2n) is 2.77. The van der Waals surface area contributed by atoms with E-state index >= 15 is 0 Å². The summed E-state index contributed by atoms with van der Waals surface area (Å²) in [7, 11) is 0. The fourth-order valence-electron chi connectivity index (χ4n) is 0.944. The Morgan fingerprint density at radius 3 is 2.92 bits per heavy atom. The number of anilines is 1. The molecule has 1 aromatic heterocycles. The van der Waals surface area contributed by atoms with Gasteiger partial charge in [-0.25, -0.2) is 0 Å². The Hall–Kier alpha value is -0.200. The van der Waals surface area contributed by atoms with Crippen LogP contribution in [0.4, 0.5) is 5.13 Å². The minimum absolute atomic E-state index is 0.242. The van der Waals surface area contributed by atoms with Gasteiger partial charge in [0.2, 0.25) is 5.13 Å². The fraction of sp³-hybridized carbons (Fsp3) is 0.714. The van der Waals surface area contributed by atoms with Crippen molar-refractivity contribution < 1.29 is 5.11 Å². The lowest BCUT2D eigenvalue weighted by molar-refractivity contribution is 0.282. The van der Waals surface area contributed by atoms with E-state index in [0.29, 0.717) is 6.04 Å². The molecule has 0 fully saturated rings. The van der Waals surface area contributed by atoms with Crippen LogP contribution in [0.5, 0.6) is 0 Å². The van der Waals surface area contributed by atoms with Crippen molar-refractivity contribution in [3.05, 3.63) is 3.92 Å². The van der Waals surface area contributed by atoms with Crippen molar-refractivity contribution in [2.75, 3.05) is 11.9 Å². The Bertz CT molecular complexity index is 256. The van der Waals surface area contributed by atoms with Gasteiger partial charge in [0, 0.05) is 12.6 Å². The molecule has 0 saturated carbocycles. The van der Waals surface area contributed by atoms with Crippen molar-refractivity contribution in [3.8, 4) is 0 Å². The van der Waals surface area contributed by atoms with Crippen molar-refractivity contribution in [1.82, 2.24) is 10.2 Å². The lowest BCUT2D eigenvalue weighted by Crippen LogP contribution is -2.15. The quantitative estimate of drug-likeness (QED) is 0.854. The second kappa shape index (κ2) is 5.51. The summed E-state index contributed by atoms with van der Waals surface area (Å²) in [5.41, 5.74) is 0. The third-order valence-electron chi connectivity index (χ3n) is 1.57. The van der Waals surface area contributed by atoms with Gasteiger partial charge in [-0.3, -0.25) is 0 Å². The summed E-state index contributed by atoms with van der Waals surface area (Å²) in [5.74, 6) is 0. The molecular weight excluding hydrogens is 254 g/mol. The Balaban J connectivity index is 2.31. The largest absolute Gasteiger partial charge is 0.396 e. The number of nitrogens with zero attached hydrogens (tertiary/aromatic N) is 2. The number of aliphatic hydroxyl groups is 1. The number of halogens is 1. The van der Waals surface area contributed by atoms with Crippen LogP contribution in [0, 0.1) is 0 Å². The van der Waals surface area contributed by atoms with Crippen LogP contribution in [0.2, 0.25) is 0 Å². The monoisotopic (exact) mass is 265 g/mol. The zero-order valence-corrected chi connectivity index (χ0v) is 9.73. The van der Waals surface area contributed by atoms with Gasteiger partial charge in [0.15, 0.2) is 3.92 Å². The smallest absolute Gasteiger partial charge is 0.206 e. The number of nitrogens with one attached hydrogen (secondary N) is 1. The minimum Gasteiger partial charge on any atom is -0.396 e. The van der Waals surface area contributed by atoms with E-state index in [0.717, 1.165) is 21.9 Å². The van der Waals surface area contributed by atoms with Crippen molar-refractivity contribution in [2.24, 2.45) is 0 Å². The van der Waals surface area contributed by atoms with Crippen molar-refractivity contribution >= 4 is 32.4 Å². The maximum absolute atomic E-state index is 8.62. The van der Waals surface area contributed by atoms with Crippen LogP contribution in [0.3, 0.4) is 0 Å². The van der Waals surface area contributed by atoms with E-state index in [9.17, 15) is 0 Å². The molecule has 0 spiro atoms. The predicted molar refractivity (Wildman–Crippen MR) is 57.0 cm³/mol. The first-order chi connectivity index (χ1) is 6.22. The second-order valence-corrected chi connectivity index (χ2v) is 5.02. The van der Waals surface area contributed by atoms with E-state index in [-0.39, 0.29) is 6.61 Å². The zero-order valence-electron chi connectivity index (χ0n) is 7.33. The van der Waals surface area contributed by atoms with Gasteiger partial charge in [-0.15, -0.1) is 10.2 Å². The van der Waals surface area contributed by atoms with Crippen LogP contribution in [-0.2, 0) is 0 Å². The van der Waals surface area contributed by atoms with E-state index in [4.69, 9.17) is 5.11 Å². The Labute approximate surface area is 89.5 Å². The molecule has 1 heterocycles. The van der Waals surface area contributed by atoms with Crippen LogP contribution < -0.4 is 5.32 Å². The van der Waals surface area contributed by atoms with Gasteiger partial charge in [0.05, 0.1) is 0 Å². The molecule has 2 N–H and O–H groups in total. The summed E-state index contributed by atoms with van der Waals surface area (Å²) < 4.78 is 0.782. The highest BCUT2D eigenvalue weighted by atomic mass is 79.9. The molecule has 0 amide bonds. The van der Waals surface area contributed by atoms with Crippen LogP contribution in [0.15, 0.2) is 3.92 Å². The number of aromatic nitrogens is 2. The normalized spacial score (nSPS) is 12.8. The van der Waals surface area contributed by atoms with Crippen molar-refractivity contribution in [2.45, 2.75) is 25.8 Å². The summed E-state index contributed by atoms with van der Waals surface area (Å²) in [4.78, 5) is 0. The molecule has 0 aliphatic heterocycles. The average Bonchev–Trinajstić information content (AvgIpc) is 2.48. The van der Waals surface area contributed by atoms with Gasteiger partial charge in [0.1, 0.15) is 0 Å². The molecule has 1 unspecified atom stereocenters. The summed E-state index contributed by atoms with van der Waals surface area (Å²) in [6.07, 6.45) is 1.75. The van der Waals surface area contributed by atoms with E-state index in [1.165, 1.54) is 11.3 Å². The molecule has 0 aliphatic carbocycles. The molecule has 4 nitrogen and oxygen atoms in total. The number of hydrogen-bond donors (Lipinski definition) is 2. The van der Waals surface area contributed by atoms with Gasteiger partial charge in [0.25, 0.3) is 0 Å². The first-order valence-electron chi connectivity index (χ1n) is 4.08. The summed E-state index contributed by atoms with van der Waals surface area (Å²) in [6.45, 7) is 2.30. The fourth-order valence-corrected chi connectivity index (χ4v) is 2.07. The first-order valence-corrected chi connectivity index (χ1v) is 5.69. The molecule has 1 aromatic rings. The van der Waals surface area contributed by atoms with Crippen LogP contribution in [0.25, 0.3) is 0 Å². The summed E-state index contributed by atoms with van der Waals surface area (Å²) in [5, 5.41) is 20.4. The van der Waals surface area contributed by atoms with Gasteiger partial charge in [-0.05, 0) is 35.7 Å². The van der Waals surface area contributed by atoms with E-state index < -0.39 is 0 Å². The van der Waals surface area contributed by atoms with Gasteiger partial charge in [-0.1, -0.05) is 11.3 Å². The summed E-state index contributed by atoms with van der Waals surface area (Å²) >= 11 is 4.71. The maximum atomic E-state index is 8.62. The molecule has 0 aliphatic rings. The van der Waals surface area contributed by atoms with Gasteiger partial charge >= 0.3 is 0 Å². The third-order valence-corrected chi connectivity index (χ3v) is 2.85. The van der Waals surface area contributed by atoms with Gasteiger partial charge < -0.3 is 10.4 Å². The Morgan fingerprint density at radius 2 is 2.38 bits per heavy atom. The van der Waals surface area contributed by atoms with Crippen LogP contribution in [0.1, 0.15) is 19.8 Å². The van der Waals surface area contributed by atoms with Crippen LogP contribution in [-0.4, -0.2) is 28.0 Å². The Morgan fingerprint density at radius 1 is 1.62 bits per heavy atom. The SMILES string of the molecule is CC(CCCO)Nc1nnc(Br)s1. The highest BCUT2D eigenvalue weighted by Crippen LogP contribution is 2.21. The first kappa shape index (κ1) is 10.9. The highest BCUT2D eigenvalue weighted by molar-refractivity contribution is 9.11. The lowest BCUT2D eigenvalue weighted by Gasteiger charge is -2.10. The molecule has 0 aromatic carbocycles. The Kier molecular flexibility index (Phi) is 4.61. The maximum Gasteiger partial charge on any atom is 0.206 e. The molecule has 0 bridgehead atoms. The van der Waals surface area contributed by atoms with Gasteiger partial charge in [-0.2, -0.15) is 0 Å². The zero-order chi connectivity index (χ0) is 9.68. The molecule has 0 saturated heterocycles. The van der Waals surface area contributed by atoms with E-state index in [1.807, 2.05) is 0 Å². The highest BCUT2D eigenvalue weighted by Gasteiger charge is 2.05.